The number of H-pyrrole nitrogens is 1. The van der Waals surface area contributed by atoms with Gasteiger partial charge in [0.05, 0.1) is 17.9 Å². The van der Waals surface area contributed by atoms with Gasteiger partial charge in [0.1, 0.15) is 5.39 Å². The van der Waals surface area contributed by atoms with E-state index in [9.17, 15) is 4.79 Å². The van der Waals surface area contributed by atoms with Crippen molar-refractivity contribution in [1.82, 2.24) is 19.7 Å². The van der Waals surface area contributed by atoms with E-state index in [-0.39, 0.29) is 11.6 Å². The fourth-order valence-corrected chi connectivity index (χ4v) is 4.08. The van der Waals surface area contributed by atoms with Crippen LogP contribution in [0, 0.1) is 0 Å². The zero-order valence-electron chi connectivity index (χ0n) is 15.0. The van der Waals surface area contributed by atoms with Gasteiger partial charge in [0.2, 0.25) is 5.95 Å². The molecule has 0 bridgehead atoms. The summed E-state index contributed by atoms with van der Waals surface area (Å²) in [5, 5.41) is 5.57. The van der Waals surface area contributed by atoms with Crippen molar-refractivity contribution in [2.45, 2.75) is 18.9 Å². The number of rotatable bonds is 3. The first-order valence-corrected chi connectivity index (χ1v) is 9.64. The van der Waals surface area contributed by atoms with Gasteiger partial charge in [-0.15, -0.1) is 0 Å². The number of hydrogen-bond acceptors (Lipinski definition) is 4. The Bertz CT molecular complexity index is 1200. The summed E-state index contributed by atoms with van der Waals surface area (Å²) in [5.74, 6) is 0.567. The zero-order valence-corrected chi connectivity index (χ0v) is 15.8. The molecule has 1 fully saturated rings. The number of benzene rings is 2. The van der Waals surface area contributed by atoms with Gasteiger partial charge in [-0.25, -0.2) is 4.68 Å². The quantitative estimate of drug-likeness (QED) is 0.571. The predicted molar refractivity (Wildman–Crippen MR) is 110 cm³/mol. The molecule has 1 aliphatic heterocycles. The highest BCUT2D eigenvalue weighted by atomic mass is 35.5. The molecule has 4 aromatic rings. The number of hydrogen-bond donors (Lipinski definition) is 1. The predicted octanol–water partition coefficient (Wildman–Crippen LogP) is 4.10. The Hall–Kier alpha value is -3.12. The molecule has 1 saturated heterocycles. The van der Waals surface area contributed by atoms with Crippen molar-refractivity contribution in [2.24, 2.45) is 0 Å². The van der Waals surface area contributed by atoms with Crippen molar-refractivity contribution in [3.63, 3.8) is 0 Å². The lowest BCUT2D eigenvalue weighted by Gasteiger charge is -2.25. The van der Waals surface area contributed by atoms with Crippen molar-refractivity contribution in [2.75, 3.05) is 11.4 Å². The molecule has 2 aromatic carbocycles. The van der Waals surface area contributed by atoms with E-state index in [2.05, 4.69) is 21.0 Å². The molecular formula is C21H18ClN5O. The van der Waals surface area contributed by atoms with Crippen molar-refractivity contribution in [3.05, 3.63) is 81.7 Å². The molecule has 0 spiro atoms. The van der Waals surface area contributed by atoms with Crippen LogP contribution in [0.25, 0.3) is 16.7 Å². The van der Waals surface area contributed by atoms with E-state index in [1.54, 1.807) is 10.9 Å². The standard InChI is InChI=1S/C21H18ClN5O/c22-15-7-4-6-14(12-15)18-10-5-11-26(18)21-24-19-17(20(28)25-21)13-23-27(19)16-8-2-1-3-9-16/h1-4,6-9,12-13,18H,5,10-11H2,(H,24,25,28). The van der Waals surface area contributed by atoms with E-state index >= 15 is 0 Å². The lowest BCUT2D eigenvalue weighted by molar-refractivity contribution is 0.701. The summed E-state index contributed by atoms with van der Waals surface area (Å²) in [7, 11) is 0. The smallest absolute Gasteiger partial charge is 0.263 e. The van der Waals surface area contributed by atoms with E-state index in [4.69, 9.17) is 16.6 Å². The third kappa shape index (κ3) is 2.86. The molecule has 0 radical (unpaired) electrons. The molecule has 5 rings (SSSR count). The minimum Gasteiger partial charge on any atom is -0.335 e. The third-order valence-electron chi connectivity index (χ3n) is 5.18. The minimum atomic E-state index is -0.182. The Morgan fingerprint density at radius 1 is 1.11 bits per heavy atom. The van der Waals surface area contributed by atoms with Crippen LogP contribution in [-0.4, -0.2) is 26.3 Å². The first-order chi connectivity index (χ1) is 13.7. The highest BCUT2D eigenvalue weighted by Crippen LogP contribution is 2.35. The molecule has 2 aromatic heterocycles. The molecule has 140 valence electrons. The van der Waals surface area contributed by atoms with Crippen molar-refractivity contribution in [1.29, 1.82) is 0 Å². The molecule has 7 heteroatoms. The van der Waals surface area contributed by atoms with Crippen molar-refractivity contribution >= 4 is 28.6 Å². The molecule has 1 unspecified atom stereocenters. The number of nitrogens with one attached hydrogen (secondary N) is 1. The molecule has 3 heterocycles. The van der Waals surface area contributed by atoms with Crippen LogP contribution in [0.15, 0.2) is 65.6 Å². The molecular weight excluding hydrogens is 374 g/mol. The molecule has 28 heavy (non-hydrogen) atoms. The van der Waals surface area contributed by atoms with Crippen LogP contribution in [-0.2, 0) is 0 Å². The summed E-state index contributed by atoms with van der Waals surface area (Å²) < 4.78 is 1.71. The van der Waals surface area contributed by atoms with E-state index < -0.39 is 0 Å². The van der Waals surface area contributed by atoms with Gasteiger partial charge >= 0.3 is 0 Å². The number of aromatic amines is 1. The highest BCUT2D eigenvalue weighted by Gasteiger charge is 2.28. The average molecular weight is 392 g/mol. The maximum Gasteiger partial charge on any atom is 0.263 e. The Balaban J connectivity index is 1.62. The summed E-state index contributed by atoms with van der Waals surface area (Å²) in [6.07, 6.45) is 3.58. The van der Waals surface area contributed by atoms with E-state index in [1.807, 2.05) is 48.5 Å². The van der Waals surface area contributed by atoms with Crippen LogP contribution >= 0.6 is 11.6 Å². The lowest BCUT2D eigenvalue weighted by atomic mass is 10.1. The fraction of sp³-hybridized carbons (Fsp3) is 0.190. The van der Waals surface area contributed by atoms with Gasteiger partial charge < -0.3 is 4.90 Å². The molecule has 1 N–H and O–H groups in total. The SMILES string of the molecule is O=c1[nH]c(N2CCCC2c2cccc(Cl)c2)nc2c1cnn2-c1ccccc1. The number of anilines is 1. The average Bonchev–Trinajstić information content (AvgIpc) is 3.36. The summed E-state index contributed by atoms with van der Waals surface area (Å²) >= 11 is 6.19. The summed E-state index contributed by atoms with van der Waals surface area (Å²) in [4.78, 5) is 22.6. The van der Waals surface area contributed by atoms with Gasteiger partial charge in [0, 0.05) is 11.6 Å². The number of aromatic nitrogens is 4. The largest absolute Gasteiger partial charge is 0.335 e. The molecule has 6 nitrogen and oxygen atoms in total. The van der Waals surface area contributed by atoms with Crippen LogP contribution in [0.2, 0.25) is 5.02 Å². The Morgan fingerprint density at radius 3 is 2.79 bits per heavy atom. The first kappa shape index (κ1) is 17.0. The number of para-hydroxylation sites is 1. The number of nitrogens with zero attached hydrogens (tertiary/aromatic N) is 4. The fourth-order valence-electron chi connectivity index (χ4n) is 3.88. The zero-order chi connectivity index (χ0) is 19.1. The van der Waals surface area contributed by atoms with Crippen molar-refractivity contribution in [3.8, 4) is 5.69 Å². The monoisotopic (exact) mass is 391 g/mol. The maximum atomic E-state index is 12.7. The molecule has 0 aliphatic carbocycles. The van der Waals surface area contributed by atoms with Gasteiger partial charge in [-0.3, -0.25) is 9.78 Å². The summed E-state index contributed by atoms with van der Waals surface area (Å²) in [6, 6.07) is 17.7. The van der Waals surface area contributed by atoms with E-state index in [0.29, 0.717) is 22.0 Å². The first-order valence-electron chi connectivity index (χ1n) is 9.26. The van der Waals surface area contributed by atoms with Crippen LogP contribution < -0.4 is 10.5 Å². The summed E-state index contributed by atoms with van der Waals surface area (Å²) in [5.41, 5.74) is 2.37. The molecule has 0 saturated carbocycles. The van der Waals surface area contributed by atoms with Gasteiger partial charge in [-0.2, -0.15) is 10.1 Å². The minimum absolute atomic E-state index is 0.132. The van der Waals surface area contributed by atoms with Gasteiger partial charge in [0.25, 0.3) is 5.56 Å². The number of fused-ring (bicyclic) bond motifs is 1. The third-order valence-corrected chi connectivity index (χ3v) is 5.42. The lowest BCUT2D eigenvalue weighted by Crippen LogP contribution is -2.27. The highest BCUT2D eigenvalue weighted by molar-refractivity contribution is 6.30. The van der Waals surface area contributed by atoms with Crippen LogP contribution in [0.5, 0.6) is 0 Å². The Morgan fingerprint density at radius 2 is 1.96 bits per heavy atom. The van der Waals surface area contributed by atoms with Gasteiger partial charge in [-0.05, 0) is 42.7 Å². The normalized spacial score (nSPS) is 16.8. The Labute approximate surface area is 166 Å². The summed E-state index contributed by atoms with van der Waals surface area (Å²) in [6.45, 7) is 0.825. The van der Waals surface area contributed by atoms with Gasteiger partial charge in [-0.1, -0.05) is 41.9 Å². The van der Waals surface area contributed by atoms with Crippen molar-refractivity contribution < 1.29 is 0 Å². The second-order valence-corrected chi connectivity index (χ2v) is 7.36. The van der Waals surface area contributed by atoms with Gasteiger partial charge in [0.15, 0.2) is 5.65 Å². The topological polar surface area (TPSA) is 66.8 Å². The second-order valence-electron chi connectivity index (χ2n) is 6.93. The van der Waals surface area contributed by atoms with Crippen LogP contribution in [0.4, 0.5) is 5.95 Å². The molecule has 1 atom stereocenters. The van der Waals surface area contributed by atoms with E-state index in [0.717, 1.165) is 30.6 Å². The van der Waals surface area contributed by atoms with E-state index in [1.165, 1.54) is 0 Å². The Kier molecular flexibility index (Phi) is 4.13. The molecule has 0 amide bonds. The van der Waals surface area contributed by atoms with Crippen LogP contribution in [0.1, 0.15) is 24.4 Å². The number of halogens is 1. The van der Waals surface area contributed by atoms with Crippen LogP contribution in [0.3, 0.4) is 0 Å². The molecule has 1 aliphatic rings. The maximum absolute atomic E-state index is 12.7. The second kappa shape index (κ2) is 6.80.